The van der Waals surface area contributed by atoms with Gasteiger partial charge in [-0.25, -0.2) is 15.0 Å². The van der Waals surface area contributed by atoms with Crippen molar-refractivity contribution in [2.75, 3.05) is 11.9 Å². The first-order chi connectivity index (χ1) is 14.1. The highest BCUT2D eigenvalue weighted by molar-refractivity contribution is 6.29. The van der Waals surface area contributed by atoms with Crippen LogP contribution in [0.4, 0.5) is 5.69 Å². The summed E-state index contributed by atoms with van der Waals surface area (Å²) in [7, 11) is 1.67. The highest BCUT2D eigenvalue weighted by Gasteiger charge is 2.17. The molecule has 142 valence electrons. The topological polar surface area (TPSA) is 76.5 Å². The van der Waals surface area contributed by atoms with Crippen molar-refractivity contribution >= 4 is 39.8 Å². The van der Waals surface area contributed by atoms with Crippen molar-refractivity contribution in [2.24, 2.45) is 0 Å². The second-order valence-corrected chi connectivity index (χ2v) is 6.91. The molecule has 4 aromatic heterocycles. The van der Waals surface area contributed by atoms with Gasteiger partial charge in [-0.05, 0) is 36.4 Å². The minimum absolute atomic E-state index is 0.263. The Morgan fingerprint density at radius 1 is 1.07 bits per heavy atom. The number of hydrogen-bond donors (Lipinski definition) is 0. The number of fused-ring (bicyclic) bond motifs is 2. The lowest BCUT2D eigenvalue weighted by molar-refractivity contribution is 0.0987. The van der Waals surface area contributed by atoms with E-state index in [1.54, 1.807) is 50.2 Å². The van der Waals surface area contributed by atoms with E-state index in [4.69, 9.17) is 16.0 Å². The van der Waals surface area contributed by atoms with E-state index in [1.807, 2.05) is 28.7 Å². The van der Waals surface area contributed by atoms with Gasteiger partial charge in [0.1, 0.15) is 16.4 Å². The standard InChI is InChI=1S/C21H14ClN5O2/c1-26(15-3-5-19(22)24-9-15)21(28)16-12-27-17(10-25-20(27)11-23-16)13-2-4-18-14(8-13)6-7-29-18/h2-12H,1H3. The average molecular weight is 404 g/mol. The molecule has 0 atom stereocenters. The molecule has 8 heteroatoms. The molecule has 0 aliphatic carbocycles. The van der Waals surface area contributed by atoms with Gasteiger partial charge in [-0.2, -0.15) is 0 Å². The molecule has 1 amide bonds. The molecular formula is C21H14ClN5O2. The molecular weight excluding hydrogens is 390 g/mol. The first kappa shape index (κ1) is 17.4. The maximum Gasteiger partial charge on any atom is 0.278 e. The summed E-state index contributed by atoms with van der Waals surface area (Å²) in [5, 5.41) is 1.37. The fourth-order valence-corrected chi connectivity index (χ4v) is 3.31. The van der Waals surface area contributed by atoms with E-state index in [0.29, 0.717) is 22.2 Å². The summed E-state index contributed by atoms with van der Waals surface area (Å²) in [5.74, 6) is -0.263. The summed E-state index contributed by atoms with van der Waals surface area (Å²) < 4.78 is 7.26. The Labute approximate surface area is 170 Å². The van der Waals surface area contributed by atoms with E-state index < -0.39 is 0 Å². The number of hydrogen-bond acceptors (Lipinski definition) is 5. The number of halogens is 1. The van der Waals surface area contributed by atoms with Gasteiger partial charge in [0.25, 0.3) is 5.91 Å². The lowest BCUT2D eigenvalue weighted by Gasteiger charge is -2.16. The van der Waals surface area contributed by atoms with Crippen LogP contribution in [-0.4, -0.2) is 32.3 Å². The zero-order chi connectivity index (χ0) is 20.0. The fourth-order valence-electron chi connectivity index (χ4n) is 3.19. The van der Waals surface area contributed by atoms with Crippen molar-refractivity contribution in [3.63, 3.8) is 0 Å². The molecule has 0 radical (unpaired) electrons. The number of carbonyl (C=O) groups is 1. The number of furan rings is 1. The van der Waals surface area contributed by atoms with Crippen molar-refractivity contribution in [2.45, 2.75) is 0 Å². The highest BCUT2D eigenvalue weighted by atomic mass is 35.5. The van der Waals surface area contributed by atoms with Gasteiger partial charge in [0.05, 0.1) is 36.2 Å². The van der Waals surface area contributed by atoms with E-state index in [0.717, 1.165) is 22.2 Å². The van der Waals surface area contributed by atoms with Crippen LogP contribution < -0.4 is 4.90 Å². The van der Waals surface area contributed by atoms with E-state index in [2.05, 4.69) is 15.0 Å². The molecule has 1 aromatic carbocycles. The molecule has 0 N–H and O–H groups in total. The van der Waals surface area contributed by atoms with Gasteiger partial charge in [-0.1, -0.05) is 11.6 Å². The first-order valence-electron chi connectivity index (χ1n) is 8.80. The molecule has 0 aliphatic heterocycles. The van der Waals surface area contributed by atoms with Crippen LogP contribution in [0.3, 0.4) is 0 Å². The SMILES string of the molecule is CN(C(=O)c1cn2c(-c3ccc4occc4c3)cnc2cn1)c1ccc(Cl)nc1. The summed E-state index contributed by atoms with van der Waals surface area (Å²) in [6.07, 6.45) is 8.24. The molecule has 4 heterocycles. The van der Waals surface area contributed by atoms with E-state index in [-0.39, 0.29) is 5.91 Å². The number of imidazole rings is 1. The van der Waals surface area contributed by atoms with Crippen LogP contribution in [0, 0.1) is 0 Å². The van der Waals surface area contributed by atoms with Gasteiger partial charge in [0.15, 0.2) is 5.65 Å². The summed E-state index contributed by atoms with van der Waals surface area (Å²) in [6, 6.07) is 11.2. The second-order valence-electron chi connectivity index (χ2n) is 6.52. The smallest absolute Gasteiger partial charge is 0.278 e. The maximum absolute atomic E-state index is 12.9. The number of rotatable bonds is 3. The van der Waals surface area contributed by atoms with Gasteiger partial charge >= 0.3 is 0 Å². The van der Waals surface area contributed by atoms with Crippen LogP contribution in [-0.2, 0) is 0 Å². The molecule has 29 heavy (non-hydrogen) atoms. The number of aromatic nitrogens is 4. The molecule has 0 aliphatic rings. The largest absolute Gasteiger partial charge is 0.464 e. The lowest BCUT2D eigenvalue weighted by Crippen LogP contribution is -2.27. The molecule has 5 aromatic rings. The van der Waals surface area contributed by atoms with Gasteiger partial charge in [-0.15, -0.1) is 0 Å². The number of carbonyl (C=O) groups excluding carboxylic acids is 1. The predicted molar refractivity (Wildman–Crippen MR) is 110 cm³/mol. The molecule has 0 saturated heterocycles. The Hall–Kier alpha value is -3.71. The van der Waals surface area contributed by atoms with Crippen LogP contribution in [0.15, 0.2) is 71.9 Å². The Balaban J connectivity index is 1.55. The van der Waals surface area contributed by atoms with E-state index in [1.165, 1.54) is 4.90 Å². The maximum atomic E-state index is 12.9. The highest BCUT2D eigenvalue weighted by Crippen LogP contribution is 2.26. The molecule has 0 saturated carbocycles. The third-order valence-corrected chi connectivity index (χ3v) is 4.99. The fraction of sp³-hybridized carbons (Fsp3) is 0.0476. The van der Waals surface area contributed by atoms with Crippen LogP contribution in [0.1, 0.15) is 10.5 Å². The summed E-state index contributed by atoms with van der Waals surface area (Å²) in [4.78, 5) is 27.1. The monoisotopic (exact) mass is 403 g/mol. The molecule has 0 bridgehead atoms. The third kappa shape index (κ3) is 3.01. The predicted octanol–water partition coefficient (Wildman–Crippen LogP) is 4.47. The molecule has 0 unspecified atom stereocenters. The molecule has 0 fully saturated rings. The second kappa shape index (κ2) is 6.72. The van der Waals surface area contributed by atoms with Crippen LogP contribution in [0.25, 0.3) is 27.9 Å². The number of nitrogens with zero attached hydrogens (tertiary/aromatic N) is 5. The van der Waals surface area contributed by atoms with Crippen LogP contribution in [0.2, 0.25) is 5.15 Å². The van der Waals surface area contributed by atoms with Gasteiger partial charge in [0.2, 0.25) is 0 Å². The normalized spacial score (nSPS) is 11.2. The molecule has 7 nitrogen and oxygen atoms in total. The van der Waals surface area contributed by atoms with Gasteiger partial charge in [0, 0.05) is 24.2 Å². The minimum Gasteiger partial charge on any atom is -0.464 e. The molecule has 5 rings (SSSR count). The number of anilines is 1. The van der Waals surface area contributed by atoms with Crippen molar-refractivity contribution in [3.8, 4) is 11.3 Å². The van der Waals surface area contributed by atoms with Crippen molar-refractivity contribution in [1.29, 1.82) is 0 Å². The lowest BCUT2D eigenvalue weighted by atomic mass is 10.1. The quantitative estimate of drug-likeness (QED) is 0.415. The molecule has 0 spiro atoms. The Morgan fingerprint density at radius 3 is 2.79 bits per heavy atom. The van der Waals surface area contributed by atoms with Crippen LogP contribution in [0.5, 0.6) is 0 Å². The van der Waals surface area contributed by atoms with E-state index >= 15 is 0 Å². The summed E-state index contributed by atoms with van der Waals surface area (Å²) in [5.41, 5.74) is 4.20. The number of amides is 1. The van der Waals surface area contributed by atoms with Gasteiger partial charge in [-0.3, -0.25) is 9.20 Å². The van der Waals surface area contributed by atoms with Crippen molar-refractivity contribution < 1.29 is 9.21 Å². The van der Waals surface area contributed by atoms with Crippen LogP contribution >= 0.6 is 11.6 Å². The Kier molecular flexibility index (Phi) is 4.03. The average Bonchev–Trinajstić information content (AvgIpc) is 3.39. The number of pyridine rings is 1. The number of benzene rings is 1. The third-order valence-electron chi connectivity index (χ3n) is 4.77. The Morgan fingerprint density at radius 2 is 1.97 bits per heavy atom. The minimum atomic E-state index is -0.263. The zero-order valence-corrected chi connectivity index (χ0v) is 16.0. The van der Waals surface area contributed by atoms with Crippen molar-refractivity contribution in [3.05, 3.63) is 78.3 Å². The summed E-state index contributed by atoms with van der Waals surface area (Å²) >= 11 is 5.83. The summed E-state index contributed by atoms with van der Waals surface area (Å²) in [6.45, 7) is 0. The Bertz CT molecular complexity index is 1360. The first-order valence-corrected chi connectivity index (χ1v) is 9.18. The van der Waals surface area contributed by atoms with Crippen molar-refractivity contribution in [1.82, 2.24) is 19.4 Å². The zero-order valence-electron chi connectivity index (χ0n) is 15.3. The van der Waals surface area contributed by atoms with E-state index in [9.17, 15) is 4.79 Å². The van der Waals surface area contributed by atoms with Gasteiger partial charge < -0.3 is 9.32 Å².